The highest BCUT2D eigenvalue weighted by atomic mass is 32.2. The van der Waals surface area contributed by atoms with Crippen molar-refractivity contribution >= 4 is 40.9 Å². The molecular formula is C28H27N3O3S. The summed E-state index contributed by atoms with van der Waals surface area (Å²) >= 11 is 1.37. The van der Waals surface area contributed by atoms with Crippen LogP contribution in [0.4, 0.5) is 11.4 Å². The molecule has 3 amide bonds. The zero-order valence-electron chi connectivity index (χ0n) is 19.4. The molecule has 1 fully saturated rings. The van der Waals surface area contributed by atoms with Crippen molar-refractivity contribution in [1.29, 1.82) is 0 Å². The molecule has 1 saturated heterocycles. The Bertz CT molecular complexity index is 1250. The van der Waals surface area contributed by atoms with Gasteiger partial charge in [-0.1, -0.05) is 30.3 Å². The number of nitrogens with zero attached hydrogens (tertiary/aromatic N) is 2. The van der Waals surface area contributed by atoms with E-state index in [4.69, 9.17) is 0 Å². The minimum absolute atomic E-state index is 0.0346. The van der Waals surface area contributed by atoms with Gasteiger partial charge in [0.05, 0.1) is 11.3 Å². The first-order chi connectivity index (χ1) is 17.1. The predicted octanol–water partition coefficient (Wildman–Crippen LogP) is 4.86. The Morgan fingerprint density at radius 2 is 1.54 bits per heavy atom. The van der Waals surface area contributed by atoms with Gasteiger partial charge in [-0.05, 0) is 67.3 Å². The van der Waals surface area contributed by atoms with Crippen molar-refractivity contribution in [3.05, 3.63) is 89.5 Å². The SMILES string of the molecule is O=C(Nc1ccc(C(=O)N2CCCC2)cc1)c1ccccc1SCC(=O)N1CCc2ccccc21. The van der Waals surface area contributed by atoms with Gasteiger partial charge in [0.2, 0.25) is 5.91 Å². The molecule has 3 aromatic rings. The van der Waals surface area contributed by atoms with E-state index in [2.05, 4.69) is 11.4 Å². The lowest BCUT2D eigenvalue weighted by molar-refractivity contribution is -0.116. The van der Waals surface area contributed by atoms with Crippen LogP contribution in [-0.4, -0.2) is 48.0 Å². The third-order valence-electron chi connectivity index (χ3n) is 6.45. The number of likely N-dealkylation sites (tertiary alicyclic amines) is 1. The van der Waals surface area contributed by atoms with E-state index >= 15 is 0 Å². The van der Waals surface area contributed by atoms with E-state index < -0.39 is 0 Å². The van der Waals surface area contributed by atoms with Gasteiger partial charge in [-0.15, -0.1) is 11.8 Å². The number of nitrogens with one attached hydrogen (secondary N) is 1. The maximum Gasteiger partial charge on any atom is 0.256 e. The average molecular weight is 486 g/mol. The first kappa shape index (κ1) is 23.2. The lowest BCUT2D eigenvalue weighted by atomic mass is 10.1. The van der Waals surface area contributed by atoms with Crippen LogP contribution in [0.25, 0.3) is 0 Å². The van der Waals surface area contributed by atoms with E-state index in [1.54, 1.807) is 30.3 Å². The van der Waals surface area contributed by atoms with Gasteiger partial charge in [0.25, 0.3) is 11.8 Å². The van der Waals surface area contributed by atoms with Crippen molar-refractivity contribution in [2.75, 3.05) is 35.6 Å². The monoisotopic (exact) mass is 485 g/mol. The molecule has 6 nitrogen and oxygen atoms in total. The second-order valence-electron chi connectivity index (χ2n) is 8.74. The number of benzene rings is 3. The molecule has 0 spiro atoms. The molecule has 0 aromatic heterocycles. The summed E-state index contributed by atoms with van der Waals surface area (Å²) < 4.78 is 0. The van der Waals surface area contributed by atoms with Gasteiger partial charge in [0, 0.05) is 41.5 Å². The summed E-state index contributed by atoms with van der Waals surface area (Å²) in [5, 5.41) is 2.92. The van der Waals surface area contributed by atoms with Gasteiger partial charge in [0.15, 0.2) is 0 Å². The fourth-order valence-corrected chi connectivity index (χ4v) is 5.52. The number of carbonyl (C=O) groups excluding carboxylic acids is 3. The molecule has 3 aromatic carbocycles. The molecule has 7 heteroatoms. The van der Waals surface area contributed by atoms with Crippen LogP contribution >= 0.6 is 11.8 Å². The Morgan fingerprint density at radius 3 is 2.34 bits per heavy atom. The van der Waals surface area contributed by atoms with Crippen LogP contribution in [0.1, 0.15) is 39.1 Å². The van der Waals surface area contributed by atoms with Crippen molar-refractivity contribution in [2.45, 2.75) is 24.2 Å². The van der Waals surface area contributed by atoms with Crippen LogP contribution in [-0.2, 0) is 11.2 Å². The molecule has 2 aliphatic rings. The fraction of sp³-hybridized carbons (Fsp3) is 0.250. The van der Waals surface area contributed by atoms with Gasteiger partial charge in [-0.3, -0.25) is 14.4 Å². The number of para-hydroxylation sites is 1. The smallest absolute Gasteiger partial charge is 0.256 e. The Kier molecular flexibility index (Phi) is 6.86. The highest BCUT2D eigenvalue weighted by Gasteiger charge is 2.24. The molecule has 1 N–H and O–H groups in total. The lowest BCUT2D eigenvalue weighted by Crippen LogP contribution is -2.30. The number of carbonyl (C=O) groups is 3. The summed E-state index contributed by atoms with van der Waals surface area (Å²) in [7, 11) is 0. The van der Waals surface area contributed by atoms with E-state index in [9.17, 15) is 14.4 Å². The summed E-state index contributed by atoms with van der Waals surface area (Å²) in [5.41, 5.74) is 3.94. The lowest BCUT2D eigenvalue weighted by Gasteiger charge is -2.17. The van der Waals surface area contributed by atoms with Crippen LogP contribution in [0.5, 0.6) is 0 Å². The van der Waals surface area contributed by atoms with Gasteiger partial charge < -0.3 is 15.1 Å². The van der Waals surface area contributed by atoms with E-state index in [1.165, 1.54) is 17.3 Å². The third-order valence-corrected chi connectivity index (χ3v) is 7.51. The van der Waals surface area contributed by atoms with Gasteiger partial charge in [-0.2, -0.15) is 0 Å². The topological polar surface area (TPSA) is 69.7 Å². The van der Waals surface area contributed by atoms with Gasteiger partial charge in [0.1, 0.15) is 0 Å². The Labute approximate surface area is 209 Å². The van der Waals surface area contributed by atoms with Crippen LogP contribution in [0.2, 0.25) is 0 Å². The summed E-state index contributed by atoms with van der Waals surface area (Å²) in [4.78, 5) is 42.9. The highest BCUT2D eigenvalue weighted by Crippen LogP contribution is 2.30. The second-order valence-corrected chi connectivity index (χ2v) is 9.76. The number of thioether (sulfide) groups is 1. The van der Waals surface area contributed by atoms with Crippen molar-refractivity contribution in [2.24, 2.45) is 0 Å². The molecule has 5 rings (SSSR count). The molecule has 35 heavy (non-hydrogen) atoms. The summed E-state index contributed by atoms with van der Waals surface area (Å²) in [6.07, 6.45) is 2.97. The maximum atomic E-state index is 13.0. The van der Waals surface area contributed by atoms with Crippen molar-refractivity contribution < 1.29 is 14.4 Å². The van der Waals surface area contributed by atoms with Crippen molar-refractivity contribution in [3.63, 3.8) is 0 Å². The normalized spacial score (nSPS) is 14.6. The predicted molar refractivity (Wildman–Crippen MR) is 139 cm³/mol. The largest absolute Gasteiger partial charge is 0.339 e. The van der Waals surface area contributed by atoms with E-state index in [1.807, 2.05) is 46.2 Å². The first-order valence-electron chi connectivity index (χ1n) is 11.9. The van der Waals surface area contributed by atoms with Crippen LogP contribution < -0.4 is 10.2 Å². The molecule has 2 aliphatic heterocycles. The van der Waals surface area contributed by atoms with Gasteiger partial charge >= 0.3 is 0 Å². The molecule has 178 valence electrons. The van der Waals surface area contributed by atoms with E-state index in [0.29, 0.717) is 23.4 Å². The summed E-state index contributed by atoms with van der Waals surface area (Å²) in [6, 6.07) is 22.3. The highest BCUT2D eigenvalue weighted by molar-refractivity contribution is 8.00. The molecule has 0 bridgehead atoms. The minimum Gasteiger partial charge on any atom is -0.339 e. The number of hydrogen-bond donors (Lipinski definition) is 1. The standard InChI is InChI=1S/C28H27N3O3S/c32-26(31-18-15-20-7-1-3-9-24(20)31)19-35-25-10-4-2-8-23(25)27(33)29-22-13-11-21(12-14-22)28(34)30-16-5-6-17-30/h1-4,7-14H,5-6,15-19H2,(H,29,33). The number of hydrogen-bond acceptors (Lipinski definition) is 4. The minimum atomic E-state index is -0.245. The van der Waals surface area contributed by atoms with Crippen molar-refractivity contribution in [3.8, 4) is 0 Å². The molecule has 0 saturated carbocycles. The summed E-state index contributed by atoms with van der Waals surface area (Å²) in [5.74, 6) is 0.0814. The van der Waals surface area contributed by atoms with E-state index in [0.717, 1.165) is 42.9 Å². The number of fused-ring (bicyclic) bond motifs is 1. The fourth-order valence-electron chi connectivity index (χ4n) is 4.59. The molecular weight excluding hydrogens is 458 g/mol. The average Bonchev–Trinajstić information content (AvgIpc) is 3.58. The Balaban J connectivity index is 1.22. The molecule has 0 unspecified atom stereocenters. The number of amides is 3. The Morgan fingerprint density at radius 1 is 0.829 bits per heavy atom. The zero-order chi connectivity index (χ0) is 24.2. The van der Waals surface area contributed by atoms with Crippen LogP contribution in [0.3, 0.4) is 0 Å². The van der Waals surface area contributed by atoms with Crippen LogP contribution in [0.15, 0.2) is 77.7 Å². The molecule has 0 aliphatic carbocycles. The summed E-state index contributed by atoms with van der Waals surface area (Å²) in [6.45, 7) is 2.30. The maximum absolute atomic E-state index is 13.0. The second kappa shape index (κ2) is 10.4. The molecule has 0 atom stereocenters. The Hall–Kier alpha value is -3.58. The third kappa shape index (κ3) is 5.10. The van der Waals surface area contributed by atoms with Crippen molar-refractivity contribution in [1.82, 2.24) is 4.90 Å². The molecule has 0 radical (unpaired) electrons. The first-order valence-corrected chi connectivity index (χ1v) is 12.9. The number of anilines is 2. The molecule has 2 heterocycles. The van der Waals surface area contributed by atoms with E-state index in [-0.39, 0.29) is 23.5 Å². The quantitative estimate of drug-likeness (QED) is 0.507. The number of rotatable bonds is 6. The van der Waals surface area contributed by atoms with Crippen LogP contribution in [0, 0.1) is 0 Å². The van der Waals surface area contributed by atoms with Gasteiger partial charge in [-0.25, -0.2) is 0 Å². The zero-order valence-corrected chi connectivity index (χ0v) is 20.2.